The molecular weight excluding hydrogens is 340 g/mol. The van der Waals surface area contributed by atoms with Gasteiger partial charge in [-0.1, -0.05) is 12.1 Å². The number of fused-ring (bicyclic) bond motifs is 1. The fraction of sp³-hybridized carbons (Fsp3) is 0.333. The van der Waals surface area contributed by atoms with E-state index in [1.807, 2.05) is 55.5 Å². The lowest BCUT2D eigenvalue weighted by molar-refractivity contribution is -0.117. The van der Waals surface area contributed by atoms with Crippen LogP contribution < -0.4 is 20.9 Å². The third kappa shape index (κ3) is 3.95. The summed E-state index contributed by atoms with van der Waals surface area (Å²) in [5, 5.41) is 3.28. The molecule has 0 fully saturated rings. The summed E-state index contributed by atoms with van der Waals surface area (Å²) in [5.74, 6) is -0.0824. The maximum Gasteiger partial charge on any atom is 0.258 e. The standard InChI is InChI=1S/C21H26N4O2/c1-15-14-24(19-6-3-4-7-20(19)25(15)16(2)26)21(27)17-8-10-18(11-9-17)23-13-5-12-22/h3-4,6-11,15,23H,5,12-14,22H2,1-2H3/t15-/m0/s1. The Hall–Kier alpha value is -2.86. The van der Waals surface area contributed by atoms with Crippen molar-refractivity contribution in [1.29, 1.82) is 0 Å². The maximum absolute atomic E-state index is 13.1. The summed E-state index contributed by atoms with van der Waals surface area (Å²) >= 11 is 0. The zero-order chi connectivity index (χ0) is 19.4. The van der Waals surface area contributed by atoms with Crippen LogP contribution in [0.4, 0.5) is 17.1 Å². The number of carbonyl (C=O) groups is 2. The Morgan fingerprint density at radius 3 is 2.41 bits per heavy atom. The van der Waals surface area contributed by atoms with Crippen LogP contribution in [0.1, 0.15) is 30.6 Å². The highest BCUT2D eigenvalue weighted by Gasteiger charge is 2.33. The maximum atomic E-state index is 13.1. The highest BCUT2D eigenvalue weighted by molar-refractivity contribution is 6.10. The van der Waals surface area contributed by atoms with Crippen LogP contribution in [0.25, 0.3) is 0 Å². The van der Waals surface area contributed by atoms with E-state index in [0.717, 1.165) is 30.0 Å². The Morgan fingerprint density at radius 2 is 1.78 bits per heavy atom. The lowest BCUT2D eigenvalue weighted by Crippen LogP contribution is -2.51. The summed E-state index contributed by atoms with van der Waals surface area (Å²) in [7, 11) is 0. The van der Waals surface area contributed by atoms with Gasteiger partial charge >= 0.3 is 0 Å². The largest absolute Gasteiger partial charge is 0.385 e. The Labute approximate surface area is 159 Å². The van der Waals surface area contributed by atoms with Gasteiger partial charge < -0.3 is 20.9 Å². The van der Waals surface area contributed by atoms with Gasteiger partial charge in [-0.05, 0) is 56.3 Å². The van der Waals surface area contributed by atoms with Crippen molar-refractivity contribution in [2.45, 2.75) is 26.3 Å². The molecule has 2 aromatic rings. The second-order valence-corrected chi connectivity index (χ2v) is 6.79. The Balaban J connectivity index is 1.84. The molecule has 1 aliphatic heterocycles. The first-order chi connectivity index (χ1) is 13.0. The summed E-state index contributed by atoms with van der Waals surface area (Å²) in [6.45, 7) is 5.43. The van der Waals surface area contributed by atoms with Crippen LogP contribution in [0.3, 0.4) is 0 Å². The zero-order valence-electron chi connectivity index (χ0n) is 15.8. The van der Waals surface area contributed by atoms with E-state index in [1.165, 1.54) is 0 Å². The third-order valence-electron chi connectivity index (χ3n) is 4.75. The second-order valence-electron chi connectivity index (χ2n) is 6.79. The minimum atomic E-state index is -0.0847. The molecule has 3 rings (SSSR count). The lowest BCUT2D eigenvalue weighted by atomic mass is 10.1. The van der Waals surface area contributed by atoms with Gasteiger partial charge in [0.25, 0.3) is 5.91 Å². The molecule has 1 heterocycles. The molecule has 0 saturated carbocycles. The molecule has 1 atom stereocenters. The highest BCUT2D eigenvalue weighted by Crippen LogP contribution is 2.36. The van der Waals surface area contributed by atoms with Crippen molar-refractivity contribution in [3.63, 3.8) is 0 Å². The molecule has 0 saturated heterocycles. The van der Waals surface area contributed by atoms with Gasteiger partial charge in [0.2, 0.25) is 5.91 Å². The monoisotopic (exact) mass is 366 g/mol. The van der Waals surface area contributed by atoms with Gasteiger partial charge in [-0.3, -0.25) is 9.59 Å². The SMILES string of the molecule is CC(=O)N1c2ccccc2N(C(=O)c2ccc(NCCCN)cc2)C[C@@H]1C. The normalized spacial score (nSPS) is 16.0. The summed E-state index contributed by atoms with van der Waals surface area (Å²) < 4.78 is 0. The molecule has 0 aromatic heterocycles. The number of amides is 2. The summed E-state index contributed by atoms with van der Waals surface area (Å²) in [4.78, 5) is 28.7. The van der Waals surface area contributed by atoms with Crippen molar-refractivity contribution in [3.05, 3.63) is 54.1 Å². The van der Waals surface area contributed by atoms with Gasteiger partial charge in [0.05, 0.1) is 17.4 Å². The van der Waals surface area contributed by atoms with E-state index in [0.29, 0.717) is 18.7 Å². The molecular formula is C21H26N4O2. The van der Waals surface area contributed by atoms with Gasteiger partial charge in [0.15, 0.2) is 0 Å². The zero-order valence-corrected chi connectivity index (χ0v) is 15.8. The van der Waals surface area contributed by atoms with Crippen LogP contribution in [0, 0.1) is 0 Å². The first-order valence-electron chi connectivity index (χ1n) is 9.27. The van der Waals surface area contributed by atoms with Crippen LogP contribution in [-0.4, -0.2) is 37.5 Å². The van der Waals surface area contributed by atoms with E-state index in [4.69, 9.17) is 5.73 Å². The summed E-state index contributed by atoms with van der Waals surface area (Å²) in [5.41, 5.74) is 8.63. The van der Waals surface area contributed by atoms with Crippen LogP contribution in [0.15, 0.2) is 48.5 Å². The number of hydrogen-bond donors (Lipinski definition) is 2. The predicted molar refractivity (Wildman–Crippen MR) is 109 cm³/mol. The Bertz CT molecular complexity index is 819. The first kappa shape index (κ1) is 18.9. The summed E-state index contributed by atoms with van der Waals surface area (Å²) in [6, 6.07) is 14.9. The molecule has 0 radical (unpaired) electrons. The van der Waals surface area contributed by atoms with E-state index in [2.05, 4.69) is 5.32 Å². The van der Waals surface area contributed by atoms with Gasteiger partial charge in [-0.2, -0.15) is 0 Å². The molecule has 0 spiro atoms. The first-order valence-corrected chi connectivity index (χ1v) is 9.27. The van der Waals surface area contributed by atoms with E-state index >= 15 is 0 Å². The Kier molecular flexibility index (Phi) is 5.76. The molecule has 3 N–H and O–H groups in total. The molecule has 0 aliphatic carbocycles. The smallest absolute Gasteiger partial charge is 0.258 e. The number of anilines is 3. The van der Waals surface area contributed by atoms with E-state index < -0.39 is 0 Å². The van der Waals surface area contributed by atoms with Crippen LogP contribution in [0.2, 0.25) is 0 Å². The average Bonchev–Trinajstić information content (AvgIpc) is 2.67. The minimum Gasteiger partial charge on any atom is -0.385 e. The number of nitrogens with one attached hydrogen (secondary N) is 1. The topological polar surface area (TPSA) is 78.7 Å². The number of rotatable bonds is 5. The van der Waals surface area contributed by atoms with Crippen molar-refractivity contribution in [2.24, 2.45) is 5.73 Å². The van der Waals surface area contributed by atoms with Crippen molar-refractivity contribution in [3.8, 4) is 0 Å². The van der Waals surface area contributed by atoms with Gasteiger partial charge in [0.1, 0.15) is 0 Å². The van der Waals surface area contributed by atoms with E-state index in [9.17, 15) is 9.59 Å². The number of benzene rings is 2. The van der Waals surface area contributed by atoms with Crippen molar-refractivity contribution in [2.75, 3.05) is 34.8 Å². The average molecular weight is 366 g/mol. The fourth-order valence-electron chi connectivity index (χ4n) is 3.47. The molecule has 6 heteroatoms. The highest BCUT2D eigenvalue weighted by atomic mass is 16.2. The second kappa shape index (κ2) is 8.22. The van der Waals surface area contributed by atoms with Crippen LogP contribution >= 0.6 is 0 Å². The van der Waals surface area contributed by atoms with Crippen molar-refractivity contribution >= 4 is 28.9 Å². The molecule has 142 valence electrons. The van der Waals surface area contributed by atoms with E-state index in [1.54, 1.807) is 16.7 Å². The third-order valence-corrected chi connectivity index (χ3v) is 4.75. The quantitative estimate of drug-likeness (QED) is 0.798. The fourth-order valence-corrected chi connectivity index (χ4v) is 3.47. The number of nitrogens with zero attached hydrogens (tertiary/aromatic N) is 2. The van der Waals surface area contributed by atoms with Crippen LogP contribution in [-0.2, 0) is 4.79 Å². The molecule has 0 unspecified atom stereocenters. The molecule has 2 aromatic carbocycles. The molecule has 1 aliphatic rings. The molecule has 6 nitrogen and oxygen atoms in total. The predicted octanol–water partition coefficient (Wildman–Crippen LogP) is 2.85. The van der Waals surface area contributed by atoms with Crippen molar-refractivity contribution < 1.29 is 9.59 Å². The number of hydrogen-bond acceptors (Lipinski definition) is 4. The van der Waals surface area contributed by atoms with Gasteiger partial charge in [-0.15, -0.1) is 0 Å². The Morgan fingerprint density at radius 1 is 1.11 bits per heavy atom. The van der Waals surface area contributed by atoms with E-state index in [-0.39, 0.29) is 17.9 Å². The molecule has 0 bridgehead atoms. The number of nitrogens with two attached hydrogens (primary N) is 1. The number of carbonyl (C=O) groups excluding carboxylic acids is 2. The minimum absolute atomic E-state index is 0.0186. The van der Waals surface area contributed by atoms with Gasteiger partial charge in [-0.25, -0.2) is 0 Å². The van der Waals surface area contributed by atoms with Crippen molar-refractivity contribution in [1.82, 2.24) is 0 Å². The van der Waals surface area contributed by atoms with Crippen LogP contribution in [0.5, 0.6) is 0 Å². The summed E-state index contributed by atoms with van der Waals surface area (Å²) in [6.07, 6.45) is 0.899. The molecule has 27 heavy (non-hydrogen) atoms. The molecule has 2 amide bonds. The van der Waals surface area contributed by atoms with Gasteiger partial charge in [0, 0.05) is 31.3 Å². The lowest BCUT2D eigenvalue weighted by Gasteiger charge is -2.40. The number of para-hydroxylation sites is 2.